The number of benzene rings is 1. The van der Waals surface area contributed by atoms with E-state index in [0.29, 0.717) is 6.54 Å². The minimum Gasteiger partial charge on any atom is -0.444 e. The van der Waals surface area contributed by atoms with Gasteiger partial charge in [0.05, 0.1) is 0 Å². The molecule has 0 bridgehead atoms. The fraction of sp³-hybridized carbons (Fsp3) is 0.588. The zero-order valence-electron chi connectivity index (χ0n) is 13.8. The van der Waals surface area contributed by atoms with E-state index in [4.69, 9.17) is 16.3 Å². The number of halogens is 1. The van der Waals surface area contributed by atoms with Crippen LogP contribution >= 0.6 is 11.6 Å². The first-order valence-electron chi connectivity index (χ1n) is 7.76. The number of carbonyl (C=O) groups is 1. The fourth-order valence-electron chi connectivity index (χ4n) is 2.57. The van der Waals surface area contributed by atoms with Crippen LogP contribution in [0.25, 0.3) is 0 Å². The van der Waals surface area contributed by atoms with Crippen molar-refractivity contribution in [1.82, 2.24) is 4.90 Å². The Bertz CT molecular complexity index is 540. The molecule has 5 heteroatoms. The number of anilines is 1. The number of nitrogens with one attached hydrogen (secondary N) is 1. The number of carbonyl (C=O) groups excluding carboxylic acids is 1. The van der Waals surface area contributed by atoms with Crippen LogP contribution in [0.3, 0.4) is 0 Å². The quantitative estimate of drug-likeness (QED) is 0.873. The van der Waals surface area contributed by atoms with Gasteiger partial charge in [-0.3, -0.25) is 0 Å². The molecule has 1 aliphatic heterocycles. The van der Waals surface area contributed by atoms with Gasteiger partial charge in [-0.05, 0) is 58.2 Å². The standard InChI is InChI=1S/C17H25ClN2O2/c1-12-14(18)8-5-9-15(12)19-13-7-6-10-20(11-13)16(21)22-17(2,3)4/h5,8-9,13,19H,6-7,10-11H2,1-4H3. The third kappa shape index (κ3) is 4.54. The molecule has 2 rings (SSSR count). The minimum atomic E-state index is -0.457. The second kappa shape index (κ2) is 6.78. The van der Waals surface area contributed by atoms with Crippen LogP contribution < -0.4 is 5.32 Å². The van der Waals surface area contributed by atoms with Crippen molar-refractivity contribution in [2.24, 2.45) is 0 Å². The van der Waals surface area contributed by atoms with E-state index in [9.17, 15) is 4.79 Å². The molecule has 1 unspecified atom stereocenters. The highest BCUT2D eigenvalue weighted by molar-refractivity contribution is 6.31. The Morgan fingerprint density at radius 1 is 1.41 bits per heavy atom. The molecule has 22 heavy (non-hydrogen) atoms. The van der Waals surface area contributed by atoms with Crippen molar-refractivity contribution in [3.05, 3.63) is 28.8 Å². The molecule has 1 aliphatic rings. The van der Waals surface area contributed by atoms with Crippen LogP contribution in [0.4, 0.5) is 10.5 Å². The molecule has 1 N–H and O–H groups in total. The van der Waals surface area contributed by atoms with Gasteiger partial charge in [0.1, 0.15) is 5.60 Å². The maximum Gasteiger partial charge on any atom is 0.410 e. The zero-order valence-corrected chi connectivity index (χ0v) is 14.5. The largest absolute Gasteiger partial charge is 0.444 e. The lowest BCUT2D eigenvalue weighted by Gasteiger charge is -2.35. The molecule has 0 aliphatic carbocycles. The average Bonchev–Trinajstić information content (AvgIpc) is 2.42. The molecule has 1 heterocycles. The van der Waals surface area contributed by atoms with Gasteiger partial charge in [0, 0.05) is 29.8 Å². The van der Waals surface area contributed by atoms with Crippen molar-refractivity contribution < 1.29 is 9.53 Å². The van der Waals surface area contributed by atoms with Crippen LogP contribution in [0.15, 0.2) is 18.2 Å². The highest BCUT2D eigenvalue weighted by atomic mass is 35.5. The van der Waals surface area contributed by atoms with E-state index in [-0.39, 0.29) is 12.1 Å². The summed E-state index contributed by atoms with van der Waals surface area (Å²) in [4.78, 5) is 14.0. The lowest BCUT2D eigenvalue weighted by molar-refractivity contribution is 0.0206. The third-order valence-electron chi connectivity index (χ3n) is 3.70. The second-order valence-electron chi connectivity index (χ2n) is 6.82. The Kier molecular flexibility index (Phi) is 5.22. The number of piperidine rings is 1. The van der Waals surface area contributed by atoms with Gasteiger partial charge >= 0.3 is 6.09 Å². The molecule has 1 atom stereocenters. The maximum atomic E-state index is 12.2. The molecule has 4 nitrogen and oxygen atoms in total. The molecule has 0 spiro atoms. The Morgan fingerprint density at radius 3 is 2.82 bits per heavy atom. The smallest absolute Gasteiger partial charge is 0.410 e. The molecule has 1 aromatic carbocycles. The molecule has 1 saturated heterocycles. The third-order valence-corrected chi connectivity index (χ3v) is 4.11. The molecular formula is C17H25ClN2O2. The predicted octanol–water partition coefficient (Wildman–Crippen LogP) is 4.46. The van der Waals surface area contributed by atoms with Gasteiger partial charge in [0.15, 0.2) is 0 Å². The summed E-state index contributed by atoms with van der Waals surface area (Å²) in [6.07, 6.45) is 1.77. The molecule has 1 aromatic rings. The van der Waals surface area contributed by atoms with E-state index in [1.165, 1.54) is 0 Å². The van der Waals surface area contributed by atoms with Crippen molar-refractivity contribution in [2.45, 2.75) is 52.2 Å². The van der Waals surface area contributed by atoms with E-state index < -0.39 is 5.60 Å². The average molecular weight is 325 g/mol. The number of nitrogens with zero attached hydrogens (tertiary/aromatic N) is 1. The Labute approximate surface area is 137 Å². The normalized spacial score (nSPS) is 19.0. The Hall–Kier alpha value is -1.42. The van der Waals surface area contributed by atoms with Gasteiger partial charge in [0.25, 0.3) is 0 Å². The topological polar surface area (TPSA) is 41.6 Å². The van der Waals surface area contributed by atoms with Crippen LogP contribution in [-0.2, 0) is 4.74 Å². The van der Waals surface area contributed by atoms with Gasteiger partial charge in [-0.1, -0.05) is 17.7 Å². The monoisotopic (exact) mass is 324 g/mol. The van der Waals surface area contributed by atoms with Crippen molar-refractivity contribution >= 4 is 23.4 Å². The zero-order chi connectivity index (χ0) is 16.3. The number of rotatable bonds is 2. The van der Waals surface area contributed by atoms with Gasteiger partial charge < -0.3 is 15.0 Å². The summed E-state index contributed by atoms with van der Waals surface area (Å²) in [6, 6.07) is 6.06. The number of amides is 1. The summed E-state index contributed by atoms with van der Waals surface area (Å²) in [5, 5.41) is 4.26. The molecule has 122 valence electrons. The fourth-order valence-corrected chi connectivity index (χ4v) is 2.75. The molecule has 0 aromatic heterocycles. The van der Waals surface area contributed by atoms with Crippen LogP contribution in [-0.4, -0.2) is 35.7 Å². The van der Waals surface area contributed by atoms with Crippen molar-refractivity contribution in [1.29, 1.82) is 0 Å². The lowest BCUT2D eigenvalue weighted by atomic mass is 10.0. The number of hydrogen-bond acceptors (Lipinski definition) is 3. The van der Waals surface area contributed by atoms with E-state index in [2.05, 4.69) is 5.32 Å². The predicted molar refractivity (Wildman–Crippen MR) is 90.6 cm³/mol. The molecule has 0 saturated carbocycles. The second-order valence-corrected chi connectivity index (χ2v) is 7.23. The summed E-state index contributed by atoms with van der Waals surface area (Å²) in [7, 11) is 0. The molecule has 1 amide bonds. The van der Waals surface area contributed by atoms with E-state index >= 15 is 0 Å². The molecule has 0 radical (unpaired) electrons. The van der Waals surface area contributed by atoms with E-state index in [0.717, 1.165) is 35.7 Å². The first-order valence-corrected chi connectivity index (χ1v) is 8.13. The summed E-state index contributed by atoms with van der Waals surface area (Å²) < 4.78 is 5.46. The van der Waals surface area contributed by atoms with Crippen molar-refractivity contribution in [2.75, 3.05) is 18.4 Å². The van der Waals surface area contributed by atoms with Gasteiger partial charge in [0.2, 0.25) is 0 Å². The highest BCUT2D eigenvalue weighted by Crippen LogP contribution is 2.25. The summed E-state index contributed by atoms with van der Waals surface area (Å²) in [5.74, 6) is 0. The van der Waals surface area contributed by atoms with Gasteiger partial charge in [-0.25, -0.2) is 4.79 Å². The molecular weight excluding hydrogens is 300 g/mol. The van der Waals surface area contributed by atoms with E-state index in [1.54, 1.807) is 4.90 Å². The maximum absolute atomic E-state index is 12.2. The van der Waals surface area contributed by atoms with Crippen molar-refractivity contribution in [3.63, 3.8) is 0 Å². The first kappa shape index (κ1) is 16.9. The minimum absolute atomic E-state index is 0.221. The summed E-state index contributed by atoms with van der Waals surface area (Å²) >= 11 is 6.16. The summed E-state index contributed by atoms with van der Waals surface area (Å²) in [6.45, 7) is 9.07. The molecule has 1 fully saturated rings. The number of hydrogen-bond donors (Lipinski definition) is 1. The van der Waals surface area contributed by atoms with Crippen LogP contribution in [0.2, 0.25) is 5.02 Å². The Balaban J connectivity index is 1.99. The number of likely N-dealkylation sites (tertiary alicyclic amines) is 1. The van der Waals surface area contributed by atoms with Crippen molar-refractivity contribution in [3.8, 4) is 0 Å². The highest BCUT2D eigenvalue weighted by Gasteiger charge is 2.27. The first-order chi connectivity index (χ1) is 10.3. The van der Waals surface area contributed by atoms with Gasteiger partial charge in [-0.15, -0.1) is 0 Å². The summed E-state index contributed by atoms with van der Waals surface area (Å²) in [5.41, 5.74) is 1.61. The Morgan fingerprint density at radius 2 is 2.14 bits per heavy atom. The van der Waals surface area contributed by atoms with Gasteiger partial charge in [-0.2, -0.15) is 0 Å². The van der Waals surface area contributed by atoms with Crippen LogP contribution in [0.5, 0.6) is 0 Å². The number of ether oxygens (including phenoxy) is 1. The lowest BCUT2D eigenvalue weighted by Crippen LogP contribution is -2.47. The van der Waals surface area contributed by atoms with Crippen LogP contribution in [0, 0.1) is 6.92 Å². The van der Waals surface area contributed by atoms with E-state index in [1.807, 2.05) is 45.9 Å². The van der Waals surface area contributed by atoms with Crippen LogP contribution in [0.1, 0.15) is 39.2 Å². The SMILES string of the molecule is Cc1c(Cl)cccc1NC1CCCN(C(=O)OC(C)(C)C)C1.